The number of amides is 1. The predicted molar refractivity (Wildman–Crippen MR) is 93.2 cm³/mol. The van der Waals surface area contributed by atoms with Gasteiger partial charge < -0.3 is 10.6 Å². The molecule has 1 unspecified atom stereocenters. The van der Waals surface area contributed by atoms with E-state index in [0.29, 0.717) is 0 Å². The summed E-state index contributed by atoms with van der Waals surface area (Å²) in [5.74, 6) is 0.0653. The molecule has 1 atom stereocenters. The second-order valence-electron chi connectivity index (χ2n) is 6.39. The zero-order valence-electron chi connectivity index (χ0n) is 14.0. The number of aryl methyl sites for hydroxylation is 2. The van der Waals surface area contributed by atoms with Crippen LogP contribution in [0.5, 0.6) is 0 Å². The van der Waals surface area contributed by atoms with Gasteiger partial charge in [-0.3, -0.25) is 4.79 Å². The number of hydrogen-bond acceptors (Lipinski definition) is 2. The molecule has 1 aliphatic carbocycles. The van der Waals surface area contributed by atoms with E-state index in [1.165, 1.54) is 42.4 Å². The molecule has 0 radical (unpaired) electrons. The first-order valence-corrected chi connectivity index (χ1v) is 8.35. The van der Waals surface area contributed by atoms with Crippen LogP contribution in [-0.2, 0) is 4.79 Å². The van der Waals surface area contributed by atoms with Crippen LogP contribution in [0.2, 0.25) is 0 Å². The molecule has 22 heavy (non-hydrogen) atoms. The van der Waals surface area contributed by atoms with Crippen molar-refractivity contribution in [2.75, 3.05) is 11.9 Å². The van der Waals surface area contributed by atoms with E-state index in [0.717, 1.165) is 18.7 Å². The van der Waals surface area contributed by atoms with Gasteiger partial charge >= 0.3 is 0 Å². The highest BCUT2D eigenvalue weighted by Gasteiger charge is 2.12. The SMILES string of the molecule is Cc1cc(C)cc(NC(C)C(=O)NCCC2=CCCCC2)c1. The molecule has 0 fully saturated rings. The molecule has 0 saturated carbocycles. The Morgan fingerprint density at radius 3 is 2.55 bits per heavy atom. The van der Waals surface area contributed by atoms with Crippen molar-refractivity contribution in [3.8, 4) is 0 Å². The monoisotopic (exact) mass is 300 g/mol. The Balaban J connectivity index is 1.77. The minimum absolute atomic E-state index is 0.0653. The van der Waals surface area contributed by atoms with E-state index in [9.17, 15) is 4.79 Å². The fourth-order valence-corrected chi connectivity index (χ4v) is 3.00. The van der Waals surface area contributed by atoms with Crippen LogP contribution in [0, 0.1) is 13.8 Å². The first-order chi connectivity index (χ1) is 10.5. The number of benzene rings is 1. The van der Waals surface area contributed by atoms with Gasteiger partial charge in [-0.25, -0.2) is 0 Å². The zero-order valence-corrected chi connectivity index (χ0v) is 14.0. The summed E-state index contributed by atoms with van der Waals surface area (Å²) in [6.07, 6.45) is 8.34. The second kappa shape index (κ2) is 8.02. The first-order valence-electron chi connectivity index (χ1n) is 8.35. The molecule has 1 aromatic carbocycles. The van der Waals surface area contributed by atoms with Crippen LogP contribution < -0.4 is 10.6 Å². The maximum Gasteiger partial charge on any atom is 0.242 e. The van der Waals surface area contributed by atoms with Gasteiger partial charge in [-0.15, -0.1) is 0 Å². The fraction of sp³-hybridized carbons (Fsp3) is 0.526. The number of allylic oxidation sites excluding steroid dienone is 1. The molecule has 0 aliphatic heterocycles. The zero-order chi connectivity index (χ0) is 15.9. The molecule has 3 nitrogen and oxygen atoms in total. The molecular weight excluding hydrogens is 272 g/mol. The lowest BCUT2D eigenvalue weighted by molar-refractivity contribution is -0.121. The van der Waals surface area contributed by atoms with Crippen LogP contribution in [0.1, 0.15) is 50.2 Å². The Morgan fingerprint density at radius 2 is 1.91 bits per heavy atom. The number of nitrogens with one attached hydrogen (secondary N) is 2. The lowest BCUT2D eigenvalue weighted by atomic mass is 9.97. The molecular formula is C19H28N2O. The van der Waals surface area contributed by atoms with Crippen molar-refractivity contribution in [2.24, 2.45) is 0 Å². The lowest BCUT2D eigenvalue weighted by Crippen LogP contribution is -2.38. The molecule has 0 saturated heterocycles. The Labute approximate surface area is 134 Å². The standard InChI is InChI=1S/C19H28N2O/c1-14-11-15(2)13-18(12-14)21-16(3)19(22)20-10-9-17-7-5-4-6-8-17/h7,11-13,16,21H,4-6,8-10H2,1-3H3,(H,20,22). The van der Waals surface area contributed by atoms with E-state index in [2.05, 4.69) is 48.8 Å². The Morgan fingerprint density at radius 1 is 1.18 bits per heavy atom. The molecule has 120 valence electrons. The minimum Gasteiger partial charge on any atom is -0.374 e. The number of rotatable bonds is 6. The highest BCUT2D eigenvalue weighted by molar-refractivity contribution is 5.84. The molecule has 0 aromatic heterocycles. The third-order valence-corrected chi connectivity index (χ3v) is 4.13. The van der Waals surface area contributed by atoms with Gasteiger partial charge in [-0.1, -0.05) is 17.7 Å². The molecule has 1 aromatic rings. The summed E-state index contributed by atoms with van der Waals surface area (Å²) >= 11 is 0. The van der Waals surface area contributed by atoms with Gasteiger partial charge in [0.25, 0.3) is 0 Å². The Hall–Kier alpha value is -1.77. The highest BCUT2D eigenvalue weighted by Crippen LogP contribution is 2.19. The molecule has 0 bridgehead atoms. The highest BCUT2D eigenvalue weighted by atomic mass is 16.2. The molecule has 0 heterocycles. The average molecular weight is 300 g/mol. The van der Waals surface area contributed by atoms with Gasteiger partial charge in [0, 0.05) is 12.2 Å². The summed E-state index contributed by atoms with van der Waals surface area (Å²) in [5.41, 5.74) is 4.93. The molecule has 2 N–H and O–H groups in total. The Kier molecular flexibility index (Phi) is 6.05. The predicted octanol–water partition coefficient (Wildman–Crippen LogP) is 4.11. The number of carbonyl (C=O) groups is 1. The lowest BCUT2D eigenvalue weighted by Gasteiger charge is -2.17. The summed E-state index contributed by atoms with van der Waals surface area (Å²) in [6, 6.07) is 6.06. The van der Waals surface area contributed by atoms with E-state index in [4.69, 9.17) is 0 Å². The molecule has 3 heteroatoms. The van der Waals surface area contributed by atoms with Gasteiger partial charge in [0.1, 0.15) is 6.04 Å². The molecule has 2 rings (SSSR count). The minimum atomic E-state index is -0.221. The van der Waals surface area contributed by atoms with Gasteiger partial charge in [0.05, 0.1) is 0 Å². The first kappa shape index (κ1) is 16.6. The molecule has 1 aliphatic rings. The number of anilines is 1. The van der Waals surface area contributed by atoms with E-state index in [-0.39, 0.29) is 11.9 Å². The van der Waals surface area contributed by atoms with Crippen molar-refractivity contribution < 1.29 is 4.79 Å². The van der Waals surface area contributed by atoms with Crippen LogP contribution in [0.25, 0.3) is 0 Å². The quantitative estimate of drug-likeness (QED) is 0.776. The molecule has 0 spiro atoms. The maximum atomic E-state index is 12.2. The molecule has 1 amide bonds. The summed E-state index contributed by atoms with van der Waals surface area (Å²) in [4.78, 5) is 12.2. The third-order valence-electron chi connectivity index (χ3n) is 4.13. The van der Waals surface area contributed by atoms with Crippen LogP contribution >= 0.6 is 0 Å². The average Bonchev–Trinajstić information content (AvgIpc) is 2.47. The smallest absolute Gasteiger partial charge is 0.242 e. The van der Waals surface area contributed by atoms with E-state index < -0.39 is 0 Å². The third kappa shape index (κ3) is 5.21. The fourth-order valence-electron chi connectivity index (χ4n) is 3.00. The summed E-state index contributed by atoms with van der Waals surface area (Å²) in [5, 5.41) is 6.32. The normalized spacial score (nSPS) is 15.9. The van der Waals surface area contributed by atoms with Crippen molar-refractivity contribution in [1.29, 1.82) is 0 Å². The maximum absolute atomic E-state index is 12.2. The van der Waals surface area contributed by atoms with Gasteiger partial charge in [0.15, 0.2) is 0 Å². The van der Waals surface area contributed by atoms with E-state index in [1.807, 2.05) is 6.92 Å². The second-order valence-corrected chi connectivity index (χ2v) is 6.39. The van der Waals surface area contributed by atoms with Crippen LogP contribution in [0.15, 0.2) is 29.8 Å². The number of hydrogen-bond donors (Lipinski definition) is 2. The largest absolute Gasteiger partial charge is 0.374 e. The van der Waals surface area contributed by atoms with Crippen LogP contribution in [-0.4, -0.2) is 18.5 Å². The summed E-state index contributed by atoms with van der Waals surface area (Å²) < 4.78 is 0. The van der Waals surface area contributed by atoms with Crippen molar-refractivity contribution in [1.82, 2.24) is 5.32 Å². The Bertz CT molecular complexity index is 528. The van der Waals surface area contributed by atoms with Gasteiger partial charge in [-0.05, 0) is 76.1 Å². The van der Waals surface area contributed by atoms with Crippen molar-refractivity contribution in [3.63, 3.8) is 0 Å². The van der Waals surface area contributed by atoms with Crippen LogP contribution in [0.4, 0.5) is 5.69 Å². The van der Waals surface area contributed by atoms with Crippen molar-refractivity contribution >= 4 is 11.6 Å². The number of carbonyl (C=O) groups excluding carboxylic acids is 1. The summed E-state index contributed by atoms with van der Waals surface area (Å²) in [6.45, 7) is 6.79. The van der Waals surface area contributed by atoms with E-state index in [1.54, 1.807) is 0 Å². The van der Waals surface area contributed by atoms with E-state index >= 15 is 0 Å². The van der Waals surface area contributed by atoms with Crippen molar-refractivity contribution in [3.05, 3.63) is 41.0 Å². The van der Waals surface area contributed by atoms with Crippen LogP contribution in [0.3, 0.4) is 0 Å². The topological polar surface area (TPSA) is 41.1 Å². The van der Waals surface area contributed by atoms with Crippen molar-refractivity contribution in [2.45, 2.75) is 58.9 Å². The summed E-state index contributed by atoms with van der Waals surface area (Å²) in [7, 11) is 0. The van der Waals surface area contributed by atoms with Gasteiger partial charge in [0.2, 0.25) is 5.91 Å². The van der Waals surface area contributed by atoms with Gasteiger partial charge in [-0.2, -0.15) is 0 Å².